The van der Waals surface area contributed by atoms with Gasteiger partial charge in [-0.2, -0.15) is 5.10 Å². The Hall–Kier alpha value is -2.92. The Balaban J connectivity index is 2.05. The average molecular weight is 307 g/mol. The van der Waals surface area contributed by atoms with Crippen molar-refractivity contribution in [2.24, 2.45) is 0 Å². The van der Waals surface area contributed by atoms with Crippen molar-refractivity contribution < 1.29 is 9.63 Å². The summed E-state index contributed by atoms with van der Waals surface area (Å²) in [5.74, 6) is -0.328. The molecule has 0 unspecified atom stereocenters. The Labute approximate surface area is 134 Å². The van der Waals surface area contributed by atoms with E-state index >= 15 is 0 Å². The summed E-state index contributed by atoms with van der Waals surface area (Å²) in [6.07, 6.45) is 0. The van der Waals surface area contributed by atoms with Crippen LogP contribution in [0.25, 0.3) is 16.9 Å². The monoisotopic (exact) mass is 307 g/mol. The molecular formula is C18H17N3O2. The summed E-state index contributed by atoms with van der Waals surface area (Å²) in [4.78, 5) is 17.4. The van der Waals surface area contributed by atoms with Crippen molar-refractivity contribution in [3.63, 3.8) is 0 Å². The quantitative estimate of drug-likeness (QED) is 0.736. The predicted molar refractivity (Wildman–Crippen MR) is 88.1 cm³/mol. The highest BCUT2D eigenvalue weighted by molar-refractivity contribution is 5.93. The minimum absolute atomic E-state index is 0.328. The molecule has 0 spiro atoms. The summed E-state index contributed by atoms with van der Waals surface area (Å²) in [5.41, 5.74) is 5.34. The Kier molecular flexibility index (Phi) is 4.49. The zero-order valence-electron chi connectivity index (χ0n) is 12.8. The molecule has 1 aromatic heterocycles. The number of hydroxylamine groups is 1. The van der Waals surface area contributed by atoms with Gasteiger partial charge in [-0.05, 0) is 25.1 Å². The van der Waals surface area contributed by atoms with Crippen LogP contribution in [0.15, 0.2) is 66.7 Å². The van der Waals surface area contributed by atoms with E-state index in [0.29, 0.717) is 12.3 Å². The molecule has 0 aliphatic rings. The molecule has 3 rings (SSSR count). The minimum atomic E-state index is -0.328. The van der Waals surface area contributed by atoms with Gasteiger partial charge in [-0.25, -0.2) is 10.2 Å². The lowest BCUT2D eigenvalue weighted by Crippen LogP contribution is -2.26. The van der Waals surface area contributed by atoms with Gasteiger partial charge in [0.25, 0.3) is 5.91 Å². The second kappa shape index (κ2) is 6.89. The highest BCUT2D eigenvalue weighted by atomic mass is 16.6. The van der Waals surface area contributed by atoms with Gasteiger partial charge in [0, 0.05) is 5.56 Å². The first kappa shape index (κ1) is 15.0. The minimum Gasteiger partial charge on any atom is -0.274 e. The van der Waals surface area contributed by atoms with Crippen LogP contribution in [-0.2, 0) is 4.84 Å². The van der Waals surface area contributed by atoms with E-state index in [1.54, 1.807) is 10.7 Å². The Morgan fingerprint density at radius 2 is 1.74 bits per heavy atom. The lowest BCUT2D eigenvalue weighted by molar-refractivity contribution is 0.0357. The smallest absolute Gasteiger partial charge is 0.274 e. The van der Waals surface area contributed by atoms with E-state index in [0.717, 1.165) is 16.9 Å². The normalized spacial score (nSPS) is 10.5. The van der Waals surface area contributed by atoms with E-state index < -0.39 is 0 Å². The topological polar surface area (TPSA) is 56.1 Å². The SMILES string of the molecule is CCONC(=O)c1cc(-c2ccccc2)nn1-c1ccccc1. The molecule has 3 aromatic rings. The van der Waals surface area contributed by atoms with Crippen LogP contribution in [0.5, 0.6) is 0 Å². The number of hydrogen-bond donors (Lipinski definition) is 1. The maximum Gasteiger partial charge on any atom is 0.293 e. The molecule has 0 fully saturated rings. The number of carbonyl (C=O) groups is 1. The maximum atomic E-state index is 12.3. The van der Waals surface area contributed by atoms with Gasteiger partial charge in [-0.3, -0.25) is 9.63 Å². The van der Waals surface area contributed by atoms with E-state index in [9.17, 15) is 4.79 Å². The van der Waals surface area contributed by atoms with E-state index in [1.165, 1.54) is 0 Å². The summed E-state index contributed by atoms with van der Waals surface area (Å²) in [5, 5.41) is 4.58. The first-order chi connectivity index (χ1) is 11.3. The number of carbonyl (C=O) groups excluding carboxylic acids is 1. The van der Waals surface area contributed by atoms with Gasteiger partial charge in [-0.15, -0.1) is 0 Å². The fourth-order valence-corrected chi connectivity index (χ4v) is 2.25. The Bertz CT molecular complexity index is 783. The Morgan fingerprint density at radius 3 is 2.39 bits per heavy atom. The molecule has 116 valence electrons. The largest absolute Gasteiger partial charge is 0.293 e. The zero-order valence-corrected chi connectivity index (χ0v) is 12.8. The van der Waals surface area contributed by atoms with Crippen molar-refractivity contribution in [2.45, 2.75) is 6.92 Å². The number of nitrogens with one attached hydrogen (secondary N) is 1. The third-order valence-electron chi connectivity index (χ3n) is 3.32. The van der Waals surface area contributed by atoms with Gasteiger partial charge >= 0.3 is 0 Å². The van der Waals surface area contributed by atoms with Crippen molar-refractivity contribution in [2.75, 3.05) is 6.61 Å². The molecule has 0 atom stereocenters. The lowest BCUT2D eigenvalue weighted by Gasteiger charge is -2.07. The van der Waals surface area contributed by atoms with Gasteiger partial charge in [0.15, 0.2) is 0 Å². The summed E-state index contributed by atoms with van der Waals surface area (Å²) >= 11 is 0. The molecule has 0 saturated carbocycles. The summed E-state index contributed by atoms with van der Waals surface area (Å²) in [6.45, 7) is 2.21. The molecule has 5 nitrogen and oxygen atoms in total. The third kappa shape index (κ3) is 3.30. The average Bonchev–Trinajstić information content (AvgIpc) is 3.07. The molecule has 23 heavy (non-hydrogen) atoms. The van der Waals surface area contributed by atoms with Crippen LogP contribution in [0.1, 0.15) is 17.4 Å². The molecule has 1 N–H and O–H groups in total. The van der Waals surface area contributed by atoms with E-state index in [-0.39, 0.29) is 5.91 Å². The van der Waals surface area contributed by atoms with Crippen molar-refractivity contribution in [3.8, 4) is 16.9 Å². The predicted octanol–water partition coefficient (Wildman–Crippen LogP) is 3.22. The molecule has 0 bridgehead atoms. The molecule has 0 aliphatic carbocycles. The van der Waals surface area contributed by atoms with Crippen molar-refractivity contribution in [1.82, 2.24) is 15.3 Å². The number of hydrogen-bond acceptors (Lipinski definition) is 3. The lowest BCUT2D eigenvalue weighted by atomic mass is 10.1. The molecule has 5 heteroatoms. The molecule has 0 saturated heterocycles. The molecule has 0 radical (unpaired) electrons. The molecule has 0 aliphatic heterocycles. The number of amides is 1. The standard InChI is InChI=1S/C18H17N3O2/c1-2-23-20-18(22)17-13-16(14-9-5-3-6-10-14)19-21(17)15-11-7-4-8-12-15/h3-13H,2H2,1H3,(H,20,22). The van der Waals surface area contributed by atoms with E-state index in [1.807, 2.05) is 67.6 Å². The van der Waals surface area contributed by atoms with Gasteiger partial charge < -0.3 is 0 Å². The fourth-order valence-electron chi connectivity index (χ4n) is 2.25. The first-order valence-electron chi connectivity index (χ1n) is 7.42. The maximum absolute atomic E-state index is 12.3. The van der Waals surface area contributed by atoms with Crippen molar-refractivity contribution >= 4 is 5.91 Å². The zero-order chi connectivity index (χ0) is 16.1. The first-order valence-corrected chi connectivity index (χ1v) is 7.42. The molecule has 1 heterocycles. The highest BCUT2D eigenvalue weighted by Gasteiger charge is 2.17. The Morgan fingerprint density at radius 1 is 1.09 bits per heavy atom. The number of benzene rings is 2. The van der Waals surface area contributed by atoms with Crippen LogP contribution >= 0.6 is 0 Å². The second-order valence-corrected chi connectivity index (χ2v) is 4.89. The number of para-hydroxylation sites is 1. The molecule has 2 aromatic carbocycles. The van der Waals surface area contributed by atoms with Crippen LogP contribution in [-0.4, -0.2) is 22.3 Å². The van der Waals surface area contributed by atoms with Crippen molar-refractivity contribution in [3.05, 3.63) is 72.4 Å². The van der Waals surface area contributed by atoms with Gasteiger partial charge in [0.2, 0.25) is 0 Å². The second-order valence-electron chi connectivity index (χ2n) is 4.89. The number of rotatable bonds is 5. The van der Waals surface area contributed by atoms with Gasteiger partial charge in [0.05, 0.1) is 18.0 Å². The van der Waals surface area contributed by atoms with Crippen LogP contribution in [0.3, 0.4) is 0 Å². The highest BCUT2D eigenvalue weighted by Crippen LogP contribution is 2.21. The summed E-state index contributed by atoms with van der Waals surface area (Å²) in [7, 11) is 0. The molecule has 1 amide bonds. The van der Waals surface area contributed by atoms with Crippen LogP contribution in [0.2, 0.25) is 0 Å². The van der Waals surface area contributed by atoms with Crippen LogP contribution < -0.4 is 5.48 Å². The van der Waals surface area contributed by atoms with Crippen LogP contribution in [0, 0.1) is 0 Å². The van der Waals surface area contributed by atoms with Gasteiger partial charge in [-0.1, -0.05) is 48.5 Å². The fraction of sp³-hybridized carbons (Fsp3) is 0.111. The van der Waals surface area contributed by atoms with Crippen LogP contribution in [0.4, 0.5) is 0 Å². The van der Waals surface area contributed by atoms with E-state index in [2.05, 4.69) is 10.6 Å². The number of nitrogens with zero attached hydrogens (tertiary/aromatic N) is 2. The molecular weight excluding hydrogens is 290 g/mol. The van der Waals surface area contributed by atoms with Gasteiger partial charge in [0.1, 0.15) is 5.69 Å². The number of aromatic nitrogens is 2. The summed E-state index contributed by atoms with van der Waals surface area (Å²) in [6, 6.07) is 21.0. The third-order valence-corrected chi connectivity index (χ3v) is 3.32. The summed E-state index contributed by atoms with van der Waals surface area (Å²) < 4.78 is 1.62. The van der Waals surface area contributed by atoms with Crippen molar-refractivity contribution in [1.29, 1.82) is 0 Å². The van der Waals surface area contributed by atoms with E-state index in [4.69, 9.17) is 4.84 Å².